The number of anilines is 1. The number of nitrogen functional groups attached to an aromatic ring is 1. The van der Waals surface area contributed by atoms with Crippen molar-refractivity contribution in [3.8, 4) is 17.2 Å². The Morgan fingerprint density at radius 1 is 1.42 bits per heavy atom. The van der Waals surface area contributed by atoms with Gasteiger partial charge < -0.3 is 5.73 Å². The number of likely N-dealkylation sites (N-methyl/N-ethyl adjacent to an activating group) is 1. The van der Waals surface area contributed by atoms with E-state index in [2.05, 4.69) is 23.0 Å². The van der Waals surface area contributed by atoms with Crippen LogP contribution in [0.3, 0.4) is 0 Å². The molecule has 2 bridgehead atoms. The molecule has 0 saturated carbocycles. The van der Waals surface area contributed by atoms with E-state index in [4.69, 9.17) is 17.3 Å². The molecule has 1 saturated heterocycles. The molecule has 0 spiro atoms. The minimum Gasteiger partial charge on any atom is -0.383 e. The first kappa shape index (κ1) is 15.4. The number of hydrogen-bond donors (Lipinski definition) is 1. The van der Waals surface area contributed by atoms with E-state index >= 15 is 0 Å². The lowest BCUT2D eigenvalue weighted by molar-refractivity contribution is 0.222. The highest BCUT2D eigenvalue weighted by atomic mass is 35.5. The van der Waals surface area contributed by atoms with Crippen LogP contribution in [-0.4, -0.2) is 23.0 Å². The largest absolute Gasteiger partial charge is 0.383 e. The van der Waals surface area contributed by atoms with Crippen molar-refractivity contribution in [1.82, 2.24) is 9.88 Å². The van der Waals surface area contributed by atoms with Crippen LogP contribution in [0.2, 0.25) is 5.02 Å². The Labute approximate surface area is 144 Å². The topological polar surface area (TPSA) is 65.9 Å². The number of nitriles is 1. The van der Waals surface area contributed by atoms with Crippen LogP contribution >= 0.6 is 11.6 Å². The van der Waals surface area contributed by atoms with Gasteiger partial charge in [0.05, 0.1) is 5.02 Å². The predicted octanol–water partition coefficient (Wildman–Crippen LogP) is 3.69. The molecule has 2 aliphatic rings. The third-order valence-electron chi connectivity index (χ3n) is 5.26. The van der Waals surface area contributed by atoms with Crippen LogP contribution in [0.1, 0.15) is 35.7 Å². The summed E-state index contributed by atoms with van der Waals surface area (Å²) in [4.78, 5) is 6.84. The zero-order valence-electron chi connectivity index (χ0n) is 13.2. The second kappa shape index (κ2) is 5.44. The monoisotopic (exact) mass is 342 g/mol. The van der Waals surface area contributed by atoms with E-state index in [0.717, 1.165) is 30.5 Å². The van der Waals surface area contributed by atoms with Gasteiger partial charge in [-0.2, -0.15) is 5.26 Å². The normalized spacial score (nSPS) is 22.2. The van der Waals surface area contributed by atoms with Gasteiger partial charge in [-0.25, -0.2) is 9.37 Å². The Morgan fingerprint density at radius 2 is 2.21 bits per heavy atom. The van der Waals surface area contributed by atoms with Crippen molar-refractivity contribution < 1.29 is 4.39 Å². The van der Waals surface area contributed by atoms with Crippen molar-refractivity contribution in [2.45, 2.75) is 31.3 Å². The highest BCUT2D eigenvalue weighted by molar-refractivity contribution is 6.33. The summed E-state index contributed by atoms with van der Waals surface area (Å²) in [6.45, 7) is 0. The first-order chi connectivity index (χ1) is 11.5. The van der Waals surface area contributed by atoms with Gasteiger partial charge in [0.1, 0.15) is 23.3 Å². The second-order valence-electron chi connectivity index (χ2n) is 6.46. The summed E-state index contributed by atoms with van der Waals surface area (Å²) in [5.74, 6) is -0.188. The molecule has 4 nitrogen and oxygen atoms in total. The Bertz CT molecular complexity index is 890. The first-order valence-electron chi connectivity index (χ1n) is 7.91. The highest BCUT2D eigenvalue weighted by Gasteiger charge is 2.41. The van der Waals surface area contributed by atoms with Crippen LogP contribution in [0, 0.1) is 17.1 Å². The lowest BCUT2D eigenvalue weighted by Crippen LogP contribution is -2.35. The molecule has 2 aromatic rings. The predicted molar refractivity (Wildman–Crippen MR) is 91.0 cm³/mol. The molecule has 4 rings (SSSR count). The van der Waals surface area contributed by atoms with Crippen LogP contribution in [0.4, 0.5) is 10.2 Å². The summed E-state index contributed by atoms with van der Waals surface area (Å²) in [5, 5.41) is 9.92. The third kappa shape index (κ3) is 2.10. The van der Waals surface area contributed by atoms with Crippen molar-refractivity contribution in [3.05, 3.63) is 45.9 Å². The summed E-state index contributed by atoms with van der Waals surface area (Å²) in [6, 6.07) is 7.06. The van der Waals surface area contributed by atoms with E-state index in [1.807, 2.05) is 0 Å². The fraction of sp³-hybridized carbons (Fsp3) is 0.333. The maximum Gasteiger partial charge on any atom is 0.142 e. The van der Waals surface area contributed by atoms with E-state index in [1.165, 1.54) is 12.1 Å². The molecule has 3 heterocycles. The fourth-order valence-electron chi connectivity index (χ4n) is 4.10. The molecule has 6 heteroatoms. The zero-order valence-corrected chi connectivity index (χ0v) is 13.9. The quantitative estimate of drug-likeness (QED) is 0.858. The first-order valence-corrected chi connectivity index (χ1v) is 8.28. The van der Waals surface area contributed by atoms with E-state index in [1.54, 1.807) is 6.07 Å². The molecule has 1 aromatic carbocycles. The number of rotatable bonds is 1. The lowest BCUT2D eigenvalue weighted by Gasteiger charge is -2.34. The smallest absolute Gasteiger partial charge is 0.142 e. The van der Waals surface area contributed by atoms with Crippen molar-refractivity contribution in [2.24, 2.45) is 0 Å². The Morgan fingerprint density at radius 3 is 2.92 bits per heavy atom. The molecule has 0 radical (unpaired) electrons. The van der Waals surface area contributed by atoms with Crippen molar-refractivity contribution in [1.29, 1.82) is 5.26 Å². The molecule has 0 amide bonds. The Hall–Kier alpha value is -2.16. The van der Waals surface area contributed by atoms with Gasteiger partial charge in [-0.3, -0.25) is 4.90 Å². The van der Waals surface area contributed by atoms with Crippen LogP contribution in [0.15, 0.2) is 18.2 Å². The summed E-state index contributed by atoms with van der Waals surface area (Å²) in [7, 11) is 2.10. The zero-order chi connectivity index (χ0) is 17.0. The lowest BCUT2D eigenvalue weighted by atomic mass is 9.87. The van der Waals surface area contributed by atoms with Gasteiger partial charge in [0.25, 0.3) is 0 Å². The SMILES string of the molecule is CN1[C@H]2CC[C@@H]1c1c(nc(N)c(C#N)c1-c1ccc(F)cc1Cl)C2. The fourth-order valence-corrected chi connectivity index (χ4v) is 4.36. The summed E-state index contributed by atoms with van der Waals surface area (Å²) in [6.07, 6.45) is 2.91. The Kier molecular flexibility index (Phi) is 3.48. The minimum absolute atomic E-state index is 0.190. The van der Waals surface area contributed by atoms with Gasteiger partial charge in [-0.15, -0.1) is 0 Å². The van der Waals surface area contributed by atoms with E-state index in [-0.39, 0.29) is 16.9 Å². The number of nitrogens with zero attached hydrogens (tertiary/aromatic N) is 3. The van der Waals surface area contributed by atoms with Crippen molar-refractivity contribution in [2.75, 3.05) is 12.8 Å². The second-order valence-corrected chi connectivity index (χ2v) is 6.87. The van der Waals surface area contributed by atoms with Crippen LogP contribution < -0.4 is 5.73 Å². The third-order valence-corrected chi connectivity index (χ3v) is 5.57. The average molecular weight is 343 g/mol. The Balaban J connectivity index is 2.06. The van der Waals surface area contributed by atoms with Crippen LogP contribution in [0.25, 0.3) is 11.1 Å². The summed E-state index contributed by atoms with van der Waals surface area (Å²) in [5.41, 5.74) is 9.68. The highest BCUT2D eigenvalue weighted by Crippen LogP contribution is 2.48. The van der Waals surface area contributed by atoms with E-state index in [0.29, 0.717) is 22.7 Å². The van der Waals surface area contributed by atoms with Crippen molar-refractivity contribution in [3.63, 3.8) is 0 Å². The van der Waals surface area contributed by atoms with Gasteiger partial charge in [0, 0.05) is 40.9 Å². The molecular formula is C18H16ClFN4. The molecule has 122 valence electrons. The maximum absolute atomic E-state index is 13.5. The number of hydrogen-bond acceptors (Lipinski definition) is 4. The number of benzene rings is 1. The molecule has 0 aliphatic carbocycles. The molecule has 2 aliphatic heterocycles. The maximum atomic E-state index is 13.5. The average Bonchev–Trinajstić information content (AvgIpc) is 2.78. The molecule has 1 fully saturated rings. The van der Waals surface area contributed by atoms with Gasteiger partial charge >= 0.3 is 0 Å². The number of pyridine rings is 1. The molecule has 2 N–H and O–H groups in total. The van der Waals surface area contributed by atoms with Gasteiger partial charge in [-0.1, -0.05) is 11.6 Å². The number of fused-ring (bicyclic) bond motifs is 4. The van der Waals surface area contributed by atoms with Gasteiger partial charge in [-0.05, 0) is 38.1 Å². The van der Waals surface area contributed by atoms with Gasteiger partial charge in [0.15, 0.2) is 0 Å². The summed E-state index contributed by atoms with van der Waals surface area (Å²) < 4.78 is 13.5. The van der Waals surface area contributed by atoms with Crippen LogP contribution in [0.5, 0.6) is 0 Å². The van der Waals surface area contributed by atoms with E-state index < -0.39 is 5.82 Å². The molecule has 0 unspecified atom stereocenters. The molecule has 2 atom stereocenters. The summed E-state index contributed by atoms with van der Waals surface area (Å²) >= 11 is 6.30. The van der Waals surface area contributed by atoms with Gasteiger partial charge in [0.2, 0.25) is 0 Å². The molecular weight excluding hydrogens is 327 g/mol. The standard InChI is InChI=1S/C18H16ClFN4/c1-24-10-3-5-15(24)17-14(7-10)23-18(22)12(8-21)16(17)11-4-2-9(20)6-13(11)19/h2,4,6,10,15H,3,5,7H2,1H3,(H2,22,23)/t10-,15+/m0/s1. The molecule has 1 aromatic heterocycles. The number of aromatic nitrogens is 1. The molecule has 24 heavy (non-hydrogen) atoms. The minimum atomic E-state index is -0.406. The van der Waals surface area contributed by atoms with E-state index in [9.17, 15) is 9.65 Å². The number of halogens is 2. The van der Waals surface area contributed by atoms with Crippen LogP contribution in [-0.2, 0) is 6.42 Å². The van der Waals surface area contributed by atoms with Crippen molar-refractivity contribution >= 4 is 17.4 Å². The number of nitrogens with two attached hydrogens (primary N) is 1.